The Morgan fingerprint density at radius 1 is 1.26 bits per heavy atom. The number of hydrogen-bond acceptors (Lipinski definition) is 6. The van der Waals surface area contributed by atoms with Crippen LogP contribution in [0.15, 0.2) is 51.7 Å². The zero-order valence-electron chi connectivity index (χ0n) is 12.2. The first-order valence-corrected chi connectivity index (χ1v) is 8.99. The molecule has 8 heteroatoms. The van der Waals surface area contributed by atoms with Crippen molar-refractivity contribution in [2.75, 3.05) is 5.32 Å². The average molecular weight is 365 g/mol. The van der Waals surface area contributed by atoms with Gasteiger partial charge in [0.1, 0.15) is 0 Å². The van der Waals surface area contributed by atoms with Gasteiger partial charge in [-0.1, -0.05) is 29.4 Å². The maximum atomic E-state index is 12.4. The van der Waals surface area contributed by atoms with Crippen LogP contribution in [0.3, 0.4) is 0 Å². The Hall–Kier alpha value is -1.83. The number of nitrogens with zero attached hydrogens (tertiary/aromatic N) is 3. The number of benzene rings is 1. The molecule has 0 fully saturated rings. The van der Waals surface area contributed by atoms with Gasteiger partial charge in [-0.05, 0) is 35.7 Å². The van der Waals surface area contributed by atoms with E-state index < -0.39 is 0 Å². The third kappa shape index (κ3) is 3.93. The molecular formula is C15H13ClN4OS2. The van der Waals surface area contributed by atoms with Crippen LogP contribution >= 0.6 is 34.7 Å². The molecule has 3 aromatic rings. The monoisotopic (exact) mass is 364 g/mol. The quantitative estimate of drug-likeness (QED) is 0.695. The van der Waals surface area contributed by atoms with Gasteiger partial charge in [-0.2, -0.15) is 0 Å². The normalized spacial score (nSPS) is 10.7. The average Bonchev–Trinajstić information content (AvgIpc) is 3.07. The minimum absolute atomic E-state index is 0.190. The van der Waals surface area contributed by atoms with E-state index in [2.05, 4.69) is 21.6 Å². The molecule has 0 saturated carbocycles. The zero-order chi connectivity index (χ0) is 16.2. The van der Waals surface area contributed by atoms with Crippen molar-refractivity contribution in [3.05, 3.63) is 62.0 Å². The van der Waals surface area contributed by atoms with Crippen molar-refractivity contribution in [1.29, 1.82) is 0 Å². The van der Waals surface area contributed by atoms with Crippen molar-refractivity contribution < 1.29 is 0 Å². The highest BCUT2D eigenvalue weighted by molar-refractivity contribution is 7.98. The number of nitrogens with one attached hydrogen (secondary N) is 1. The van der Waals surface area contributed by atoms with Crippen molar-refractivity contribution in [3.63, 3.8) is 0 Å². The summed E-state index contributed by atoms with van der Waals surface area (Å²) in [5, 5.41) is 14.4. The van der Waals surface area contributed by atoms with Gasteiger partial charge in [0.05, 0.1) is 0 Å². The van der Waals surface area contributed by atoms with E-state index in [1.54, 1.807) is 42.6 Å². The molecule has 1 aromatic carbocycles. The molecule has 0 unspecified atom stereocenters. The molecule has 0 aliphatic rings. The number of rotatable bonds is 5. The minimum atomic E-state index is -0.219. The molecule has 0 saturated heterocycles. The summed E-state index contributed by atoms with van der Waals surface area (Å²) in [5.74, 6) is 0.958. The van der Waals surface area contributed by atoms with Crippen LogP contribution in [0, 0.1) is 0 Å². The molecule has 0 bridgehead atoms. The molecule has 2 heterocycles. The summed E-state index contributed by atoms with van der Waals surface area (Å²) in [6.07, 6.45) is 0. The molecule has 0 atom stereocenters. The highest BCUT2D eigenvalue weighted by Gasteiger charge is 2.10. The van der Waals surface area contributed by atoms with Gasteiger partial charge in [0.2, 0.25) is 5.82 Å². The van der Waals surface area contributed by atoms with Gasteiger partial charge >= 0.3 is 0 Å². The number of thioether (sulfide) groups is 1. The SMILES string of the molecule is Cn1c(SCc2cccs2)nnc(Nc2ccc(Cl)cc2)c1=O. The Labute approximate surface area is 146 Å². The molecule has 0 radical (unpaired) electrons. The van der Waals surface area contributed by atoms with Crippen LogP contribution < -0.4 is 10.9 Å². The first kappa shape index (κ1) is 16.0. The van der Waals surface area contributed by atoms with Gasteiger partial charge in [-0.15, -0.1) is 21.5 Å². The van der Waals surface area contributed by atoms with E-state index in [0.717, 1.165) is 11.4 Å². The third-order valence-corrected chi connectivity index (χ3v) is 5.44. The van der Waals surface area contributed by atoms with E-state index in [-0.39, 0.29) is 11.4 Å². The Morgan fingerprint density at radius 3 is 2.74 bits per heavy atom. The summed E-state index contributed by atoms with van der Waals surface area (Å²) in [5.41, 5.74) is 0.517. The Morgan fingerprint density at radius 2 is 2.04 bits per heavy atom. The Bertz CT molecular complexity index is 847. The minimum Gasteiger partial charge on any atom is -0.334 e. The van der Waals surface area contributed by atoms with Crippen molar-refractivity contribution in [3.8, 4) is 0 Å². The molecule has 5 nitrogen and oxygen atoms in total. The topological polar surface area (TPSA) is 59.8 Å². The van der Waals surface area contributed by atoms with Crippen LogP contribution in [0.1, 0.15) is 4.88 Å². The van der Waals surface area contributed by atoms with Gasteiger partial charge in [0, 0.05) is 28.4 Å². The van der Waals surface area contributed by atoms with Crippen LogP contribution in [-0.2, 0) is 12.8 Å². The number of anilines is 2. The molecule has 118 valence electrons. The van der Waals surface area contributed by atoms with Crippen LogP contribution in [0.2, 0.25) is 5.02 Å². The van der Waals surface area contributed by atoms with Crippen LogP contribution in [-0.4, -0.2) is 14.8 Å². The van der Waals surface area contributed by atoms with E-state index in [9.17, 15) is 4.79 Å². The summed E-state index contributed by atoms with van der Waals surface area (Å²) in [6.45, 7) is 0. The van der Waals surface area contributed by atoms with Crippen molar-refractivity contribution in [2.24, 2.45) is 7.05 Å². The van der Waals surface area contributed by atoms with Crippen LogP contribution in [0.25, 0.3) is 0 Å². The molecular weight excluding hydrogens is 352 g/mol. The maximum Gasteiger partial charge on any atom is 0.297 e. The summed E-state index contributed by atoms with van der Waals surface area (Å²) >= 11 is 9.01. The highest BCUT2D eigenvalue weighted by atomic mass is 35.5. The lowest BCUT2D eigenvalue weighted by Crippen LogP contribution is -2.24. The predicted octanol–water partition coefficient (Wildman–Crippen LogP) is 3.93. The molecule has 0 amide bonds. The summed E-state index contributed by atoms with van der Waals surface area (Å²) in [7, 11) is 1.70. The lowest BCUT2D eigenvalue weighted by molar-refractivity contribution is 0.667. The fourth-order valence-electron chi connectivity index (χ4n) is 1.85. The fraction of sp³-hybridized carbons (Fsp3) is 0.133. The first-order chi connectivity index (χ1) is 11.1. The lowest BCUT2D eigenvalue weighted by atomic mass is 10.3. The molecule has 0 spiro atoms. The second kappa shape index (κ2) is 7.16. The predicted molar refractivity (Wildman–Crippen MR) is 95.9 cm³/mol. The van der Waals surface area contributed by atoms with E-state index in [1.807, 2.05) is 11.4 Å². The molecule has 0 aliphatic heterocycles. The first-order valence-electron chi connectivity index (χ1n) is 6.75. The molecule has 0 aliphatic carbocycles. The smallest absolute Gasteiger partial charge is 0.297 e. The van der Waals surface area contributed by atoms with E-state index in [0.29, 0.717) is 10.2 Å². The summed E-state index contributed by atoms with van der Waals surface area (Å²) in [4.78, 5) is 13.6. The third-order valence-electron chi connectivity index (χ3n) is 3.06. The highest BCUT2D eigenvalue weighted by Crippen LogP contribution is 2.22. The second-order valence-electron chi connectivity index (χ2n) is 4.70. The van der Waals surface area contributed by atoms with Crippen molar-refractivity contribution in [1.82, 2.24) is 14.8 Å². The van der Waals surface area contributed by atoms with Crippen LogP contribution in [0.5, 0.6) is 0 Å². The largest absolute Gasteiger partial charge is 0.334 e. The Kier molecular flexibility index (Phi) is 5.00. The summed E-state index contributed by atoms with van der Waals surface area (Å²) < 4.78 is 1.50. The maximum absolute atomic E-state index is 12.4. The Balaban J connectivity index is 1.77. The zero-order valence-corrected chi connectivity index (χ0v) is 14.6. The van der Waals surface area contributed by atoms with Gasteiger partial charge in [-0.3, -0.25) is 9.36 Å². The van der Waals surface area contributed by atoms with Crippen molar-refractivity contribution >= 4 is 46.2 Å². The number of thiophene rings is 1. The molecule has 23 heavy (non-hydrogen) atoms. The van der Waals surface area contributed by atoms with E-state index >= 15 is 0 Å². The van der Waals surface area contributed by atoms with Gasteiger partial charge in [0.25, 0.3) is 5.56 Å². The number of aromatic nitrogens is 3. The van der Waals surface area contributed by atoms with Gasteiger partial charge < -0.3 is 5.32 Å². The standard InChI is InChI=1S/C15H13ClN4OS2/c1-20-14(21)13(17-11-6-4-10(16)5-7-11)18-19-15(20)23-9-12-3-2-8-22-12/h2-8H,9H2,1H3,(H,17,18). The summed E-state index contributed by atoms with van der Waals surface area (Å²) in [6, 6.07) is 11.1. The second-order valence-corrected chi connectivity index (χ2v) is 7.11. The number of halogens is 1. The molecule has 2 aromatic heterocycles. The lowest BCUT2D eigenvalue weighted by Gasteiger charge is -2.09. The van der Waals surface area contributed by atoms with Gasteiger partial charge in [-0.25, -0.2) is 0 Å². The number of hydrogen-bond donors (Lipinski definition) is 1. The molecule has 1 N–H and O–H groups in total. The van der Waals surface area contributed by atoms with E-state index in [1.165, 1.54) is 21.2 Å². The van der Waals surface area contributed by atoms with Crippen LogP contribution in [0.4, 0.5) is 11.5 Å². The van der Waals surface area contributed by atoms with Crippen molar-refractivity contribution in [2.45, 2.75) is 10.9 Å². The fourth-order valence-corrected chi connectivity index (χ4v) is 3.66. The van der Waals surface area contributed by atoms with E-state index in [4.69, 9.17) is 11.6 Å². The molecule has 3 rings (SSSR count). The van der Waals surface area contributed by atoms with Gasteiger partial charge in [0.15, 0.2) is 5.16 Å².